The largest absolute Gasteiger partial charge is 0.493 e. The number of rotatable bonds is 10. The SMILES string of the molecule is CCc1cc(-c2noc(-c3cc(C)nc(N(CC)CC)c3)n2)cc(C)c1OCCN=[N+]=[N-]. The number of pyridine rings is 1. The standard InChI is InChI=1S/C23H29N7O2/c1-6-17-13-18(11-15(4)21(17)31-10-9-25-29-24)22-27-23(32-28-22)19-12-16(5)26-20(14-19)30(7-2)8-3/h11-14H,6-10H2,1-5H3. The van der Waals surface area contributed by atoms with E-state index in [1.165, 1.54) is 0 Å². The Balaban J connectivity index is 1.91. The summed E-state index contributed by atoms with van der Waals surface area (Å²) in [7, 11) is 0. The molecule has 0 bridgehead atoms. The summed E-state index contributed by atoms with van der Waals surface area (Å²) in [5.41, 5.74) is 13.0. The molecule has 0 saturated heterocycles. The average Bonchev–Trinajstić information content (AvgIpc) is 3.28. The lowest BCUT2D eigenvalue weighted by Crippen LogP contribution is -2.23. The quantitative estimate of drug-likeness (QED) is 0.179. The number of aromatic nitrogens is 3. The zero-order valence-corrected chi connectivity index (χ0v) is 19.3. The third-order valence-electron chi connectivity index (χ3n) is 5.19. The van der Waals surface area contributed by atoms with Crippen LogP contribution in [0, 0.1) is 13.8 Å². The van der Waals surface area contributed by atoms with Gasteiger partial charge in [0.15, 0.2) is 0 Å². The first-order valence-corrected chi connectivity index (χ1v) is 10.9. The van der Waals surface area contributed by atoms with E-state index in [9.17, 15) is 0 Å². The molecule has 32 heavy (non-hydrogen) atoms. The fourth-order valence-electron chi connectivity index (χ4n) is 3.62. The minimum atomic E-state index is 0.288. The summed E-state index contributed by atoms with van der Waals surface area (Å²) in [5, 5.41) is 7.74. The molecule has 2 aromatic heterocycles. The first-order chi connectivity index (χ1) is 15.5. The highest BCUT2D eigenvalue weighted by Crippen LogP contribution is 2.31. The van der Waals surface area contributed by atoms with E-state index in [4.69, 9.17) is 14.8 Å². The van der Waals surface area contributed by atoms with E-state index in [2.05, 4.69) is 50.8 Å². The molecule has 3 rings (SSSR count). The number of benzene rings is 1. The summed E-state index contributed by atoms with van der Waals surface area (Å²) in [6, 6.07) is 7.94. The smallest absolute Gasteiger partial charge is 0.258 e. The Labute approximate surface area is 188 Å². The molecule has 0 aliphatic rings. The van der Waals surface area contributed by atoms with E-state index in [-0.39, 0.29) is 6.54 Å². The van der Waals surface area contributed by atoms with Crippen molar-refractivity contribution in [2.45, 2.75) is 41.0 Å². The van der Waals surface area contributed by atoms with E-state index in [0.717, 1.165) is 59.0 Å². The molecule has 0 spiro atoms. The number of hydrogen-bond donors (Lipinski definition) is 0. The molecule has 168 valence electrons. The second-order valence-corrected chi connectivity index (χ2v) is 7.39. The zero-order chi connectivity index (χ0) is 23.1. The predicted octanol–water partition coefficient (Wildman–Crippen LogP) is 5.51. The molecular weight excluding hydrogens is 406 g/mol. The number of azide groups is 1. The molecular formula is C23H29N7O2. The Kier molecular flexibility index (Phi) is 7.68. The number of aryl methyl sites for hydroxylation is 3. The molecule has 3 aromatic rings. The van der Waals surface area contributed by atoms with Gasteiger partial charge in [0, 0.05) is 34.8 Å². The molecule has 0 amide bonds. The lowest BCUT2D eigenvalue weighted by atomic mass is 10.0. The van der Waals surface area contributed by atoms with Crippen LogP contribution in [0.15, 0.2) is 33.9 Å². The maximum Gasteiger partial charge on any atom is 0.258 e. The lowest BCUT2D eigenvalue weighted by molar-refractivity contribution is 0.323. The van der Waals surface area contributed by atoms with Gasteiger partial charge >= 0.3 is 0 Å². The second-order valence-electron chi connectivity index (χ2n) is 7.39. The van der Waals surface area contributed by atoms with Crippen LogP contribution in [0.25, 0.3) is 33.3 Å². The van der Waals surface area contributed by atoms with Crippen molar-refractivity contribution in [3.05, 3.63) is 51.5 Å². The predicted molar refractivity (Wildman–Crippen MR) is 125 cm³/mol. The van der Waals surface area contributed by atoms with Crippen molar-refractivity contribution in [2.75, 3.05) is 31.1 Å². The van der Waals surface area contributed by atoms with Gasteiger partial charge in [-0.2, -0.15) is 4.98 Å². The first kappa shape index (κ1) is 23.1. The van der Waals surface area contributed by atoms with Crippen molar-refractivity contribution in [3.63, 3.8) is 0 Å². The minimum Gasteiger partial charge on any atom is -0.493 e. The topological polar surface area (TPSA) is 113 Å². The number of anilines is 1. The van der Waals surface area contributed by atoms with Crippen molar-refractivity contribution in [1.29, 1.82) is 0 Å². The Morgan fingerprint density at radius 2 is 1.84 bits per heavy atom. The Morgan fingerprint density at radius 1 is 1.06 bits per heavy atom. The fraction of sp³-hybridized carbons (Fsp3) is 0.435. The Bertz CT molecular complexity index is 1120. The maximum absolute atomic E-state index is 8.42. The fourth-order valence-corrected chi connectivity index (χ4v) is 3.62. The van der Waals surface area contributed by atoms with Gasteiger partial charge in [-0.05, 0) is 75.0 Å². The first-order valence-electron chi connectivity index (χ1n) is 10.9. The molecule has 2 heterocycles. The molecule has 0 unspecified atom stereocenters. The molecule has 0 radical (unpaired) electrons. The molecule has 0 N–H and O–H groups in total. The van der Waals surface area contributed by atoms with Gasteiger partial charge in [0.05, 0.1) is 13.2 Å². The Hall–Kier alpha value is -3.58. The molecule has 0 atom stereocenters. The van der Waals surface area contributed by atoms with Gasteiger partial charge in [-0.3, -0.25) is 0 Å². The third kappa shape index (κ3) is 5.18. The highest BCUT2D eigenvalue weighted by Gasteiger charge is 2.16. The van der Waals surface area contributed by atoms with E-state index < -0.39 is 0 Å². The zero-order valence-electron chi connectivity index (χ0n) is 19.3. The summed E-state index contributed by atoms with van der Waals surface area (Å²) in [6.45, 7) is 12.6. The van der Waals surface area contributed by atoms with Crippen LogP contribution in [-0.2, 0) is 6.42 Å². The average molecular weight is 436 g/mol. The molecule has 9 heteroatoms. The summed E-state index contributed by atoms with van der Waals surface area (Å²) < 4.78 is 11.5. The van der Waals surface area contributed by atoms with Gasteiger partial charge in [-0.1, -0.05) is 17.2 Å². The monoisotopic (exact) mass is 435 g/mol. The maximum atomic E-state index is 8.42. The highest BCUT2D eigenvalue weighted by molar-refractivity contribution is 5.65. The van der Waals surface area contributed by atoms with Crippen LogP contribution in [0.1, 0.15) is 37.6 Å². The van der Waals surface area contributed by atoms with E-state index in [1.807, 2.05) is 38.1 Å². The van der Waals surface area contributed by atoms with E-state index >= 15 is 0 Å². The van der Waals surface area contributed by atoms with Crippen LogP contribution in [-0.4, -0.2) is 41.4 Å². The minimum absolute atomic E-state index is 0.288. The van der Waals surface area contributed by atoms with E-state index in [0.29, 0.717) is 18.3 Å². The van der Waals surface area contributed by atoms with Crippen molar-refractivity contribution in [1.82, 2.24) is 15.1 Å². The van der Waals surface area contributed by atoms with Crippen molar-refractivity contribution in [2.24, 2.45) is 5.11 Å². The summed E-state index contributed by atoms with van der Waals surface area (Å²) >= 11 is 0. The molecule has 0 aliphatic heterocycles. The van der Waals surface area contributed by atoms with Crippen LogP contribution in [0.2, 0.25) is 0 Å². The molecule has 0 aliphatic carbocycles. The van der Waals surface area contributed by atoms with Crippen molar-refractivity contribution >= 4 is 5.82 Å². The molecule has 9 nitrogen and oxygen atoms in total. The molecule has 0 saturated carbocycles. The van der Waals surface area contributed by atoms with Crippen LogP contribution in [0.4, 0.5) is 5.82 Å². The van der Waals surface area contributed by atoms with Crippen LogP contribution >= 0.6 is 0 Å². The molecule has 1 aromatic carbocycles. The number of ether oxygens (including phenoxy) is 1. The Morgan fingerprint density at radius 3 is 2.53 bits per heavy atom. The van der Waals surface area contributed by atoms with Crippen LogP contribution < -0.4 is 9.64 Å². The van der Waals surface area contributed by atoms with Gasteiger partial charge in [0.25, 0.3) is 5.89 Å². The lowest BCUT2D eigenvalue weighted by Gasteiger charge is -2.20. The third-order valence-corrected chi connectivity index (χ3v) is 5.19. The van der Waals surface area contributed by atoms with Gasteiger partial charge in [0.2, 0.25) is 5.82 Å². The molecule has 0 fully saturated rings. The van der Waals surface area contributed by atoms with Gasteiger partial charge in [-0.15, -0.1) is 0 Å². The number of hydrogen-bond acceptors (Lipinski definition) is 7. The summed E-state index contributed by atoms with van der Waals surface area (Å²) in [5.74, 6) is 2.69. The van der Waals surface area contributed by atoms with Crippen molar-refractivity contribution in [3.8, 4) is 28.6 Å². The van der Waals surface area contributed by atoms with Crippen molar-refractivity contribution < 1.29 is 9.26 Å². The van der Waals surface area contributed by atoms with Gasteiger partial charge < -0.3 is 14.2 Å². The summed E-state index contributed by atoms with van der Waals surface area (Å²) in [6.07, 6.45) is 0.785. The van der Waals surface area contributed by atoms with Crippen LogP contribution in [0.3, 0.4) is 0 Å². The summed E-state index contributed by atoms with van der Waals surface area (Å²) in [4.78, 5) is 14.2. The van der Waals surface area contributed by atoms with Gasteiger partial charge in [0.1, 0.15) is 11.6 Å². The van der Waals surface area contributed by atoms with Crippen LogP contribution in [0.5, 0.6) is 5.75 Å². The highest BCUT2D eigenvalue weighted by atomic mass is 16.5. The van der Waals surface area contributed by atoms with Gasteiger partial charge in [-0.25, -0.2) is 4.98 Å². The second kappa shape index (κ2) is 10.6. The number of nitrogens with zero attached hydrogens (tertiary/aromatic N) is 7. The normalized spacial score (nSPS) is 10.7. The van der Waals surface area contributed by atoms with E-state index in [1.54, 1.807) is 0 Å².